The Kier molecular flexibility index (Phi) is 7.24. The lowest BCUT2D eigenvalue weighted by atomic mass is 9.94. The van der Waals surface area contributed by atoms with Gasteiger partial charge < -0.3 is 19.5 Å². The van der Waals surface area contributed by atoms with Crippen LogP contribution >= 0.6 is 23.3 Å². The van der Waals surface area contributed by atoms with Crippen molar-refractivity contribution >= 4 is 34.2 Å². The van der Waals surface area contributed by atoms with Crippen LogP contribution in [0.4, 0.5) is 10.9 Å². The molecule has 1 atom stereocenters. The van der Waals surface area contributed by atoms with Crippen LogP contribution in [0.15, 0.2) is 58.8 Å². The molecule has 0 radical (unpaired) electrons. The summed E-state index contributed by atoms with van der Waals surface area (Å²) in [4.78, 5) is 19.1. The van der Waals surface area contributed by atoms with Gasteiger partial charge in [0.05, 0.1) is 12.3 Å². The van der Waals surface area contributed by atoms with Gasteiger partial charge in [0.1, 0.15) is 16.9 Å². The van der Waals surface area contributed by atoms with Crippen LogP contribution in [0.25, 0.3) is 0 Å². The summed E-state index contributed by atoms with van der Waals surface area (Å²) in [5, 5.41) is 4.82. The lowest BCUT2D eigenvalue weighted by Crippen LogP contribution is -2.32. The Labute approximate surface area is 229 Å². The van der Waals surface area contributed by atoms with E-state index in [9.17, 15) is 0 Å². The van der Waals surface area contributed by atoms with Gasteiger partial charge in [0.25, 0.3) is 0 Å². The number of ether oxygens (including phenoxy) is 3. The lowest BCUT2D eigenvalue weighted by molar-refractivity contribution is -0.188. The number of aryl methyl sites for hydroxylation is 2. The molecule has 196 valence electrons. The first-order valence-electron chi connectivity index (χ1n) is 12.7. The van der Waals surface area contributed by atoms with Gasteiger partial charge in [-0.2, -0.15) is 4.37 Å². The van der Waals surface area contributed by atoms with Gasteiger partial charge in [-0.15, -0.1) is 0 Å². The maximum atomic E-state index is 6.31. The van der Waals surface area contributed by atoms with E-state index in [4.69, 9.17) is 19.2 Å². The minimum Gasteiger partial charge on any atom is -0.452 e. The van der Waals surface area contributed by atoms with Crippen molar-refractivity contribution in [2.45, 2.75) is 67.8 Å². The molecule has 38 heavy (non-hydrogen) atoms. The summed E-state index contributed by atoms with van der Waals surface area (Å²) in [6.07, 6.45) is 10.4. The normalized spacial score (nSPS) is 18.5. The molecule has 4 aromatic rings. The first-order chi connectivity index (χ1) is 18.6. The molecule has 4 aromatic heterocycles. The largest absolute Gasteiger partial charge is 0.452 e. The van der Waals surface area contributed by atoms with E-state index in [1.165, 1.54) is 29.7 Å². The van der Waals surface area contributed by atoms with Gasteiger partial charge >= 0.3 is 0 Å². The fourth-order valence-corrected chi connectivity index (χ4v) is 6.04. The molecule has 9 nitrogen and oxygen atoms in total. The third-order valence-corrected chi connectivity index (χ3v) is 8.33. The summed E-state index contributed by atoms with van der Waals surface area (Å²) in [6, 6.07) is 9.65. The van der Waals surface area contributed by atoms with Crippen molar-refractivity contribution in [1.29, 1.82) is 0 Å². The van der Waals surface area contributed by atoms with E-state index in [1.54, 1.807) is 18.6 Å². The highest BCUT2D eigenvalue weighted by Gasteiger charge is 2.44. The van der Waals surface area contributed by atoms with Crippen LogP contribution in [0.5, 0.6) is 11.5 Å². The van der Waals surface area contributed by atoms with Gasteiger partial charge in [-0.1, -0.05) is 24.2 Å². The van der Waals surface area contributed by atoms with Gasteiger partial charge in [0.2, 0.25) is 5.13 Å². The van der Waals surface area contributed by atoms with E-state index in [2.05, 4.69) is 24.6 Å². The molecule has 11 heteroatoms. The molecule has 5 heterocycles. The highest BCUT2D eigenvalue weighted by molar-refractivity contribution is 7.99. The molecule has 2 fully saturated rings. The number of hydrogen-bond donors (Lipinski definition) is 1. The van der Waals surface area contributed by atoms with Crippen LogP contribution < -0.4 is 10.1 Å². The second kappa shape index (κ2) is 10.9. The van der Waals surface area contributed by atoms with Crippen LogP contribution in [0.2, 0.25) is 0 Å². The van der Waals surface area contributed by atoms with Gasteiger partial charge in [0, 0.05) is 53.9 Å². The molecular formula is C27H28N6O3S2. The van der Waals surface area contributed by atoms with Crippen molar-refractivity contribution < 1.29 is 14.2 Å². The second-order valence-corrected chi connectivity index (χ2v) is 11.2. The smallest absolute Gasteiger partial charge is 0.208 e. The number of pyridine rings is 3. The molecule has 1 saturated heterocycles. The van der Waals surface area contributed by atoms with Crippen molar-refractivity contribution in [1.82, 2.24) is 24.3 Å². The van der Waals surface area contributed by atoms with Crippen LogP contribution in [-0.2, 0) is 9.47 Å². The van der Waals surface area contributed by atoms with E-state index in [0.717, 1.165) is 46.9 Å². The summed E-state index contributed by atoms with van der Waals surface area (Å²) in [6.45, 7) is 4.42. The zero-order valence-corrected chi connectivity index (χ0v) is 22.8. The zero-order chi connectivity index (χ0) is 26.0. The molecule has 1 N–H and O–H groups in total. The maximum Gasteiger partial charge on any atom is 0.208 e. The van der Waals surface area contributed by atoms with Crippen LogP contribution in [-0.4, -0.2) is 36.7 Å². The fraction of sp³-hybridized carbons (Fsp3) is 0.370. The van der Waals surface area contributed by atoms with E-state index in [-0.39, 0.29) is 6.10 Å². The van der Waals surface area contributed by atoms with Gasteiger partial charge in [0.15, 0.2) is 23.2 Å². The van der Waals surface area contributed by atoms with Crippen LogP contribution in [0.1, 0.15) is 55.3 Å². The fourth-order valence-electron chi connectivity index (χ4n) is 4.59. The molecule has 0 aromatic carbocycles. The molecule has 6 rings (SSSR count). The number of aromatic nitrogens is 5. The quantitative estimate of drug-likeness (QED) is 0.266. The molecule has 1 aliphatic heterocycles. The standard InChI is InChI=1S/C27H28N6O3S2/c1-17-8-6-13-29-25(17)37-19-14-21(35-20-9-7-12-28-18(20)2)23(30-15-19)31-26-32-24(33-38-26)22-16-34-27(36-22)10-4-3-5-11-27/h6-9,12-15,22H,3-5,10-11,16H2,1-2H3,(H,30,31,32,33). The summed E-state index contributed by atoms with van der Waals surface area (Å²) in [5.74, 6) is 1.90. The highest BCUT2D eigenvalue weighted by atomic mass is 32.2. The Morgan fingerprint density at radius 2 is 1.89 bits per heavy atom. The number of hydrogen-bond acceptors (Lipinski definition) is 11. The van der Waals surface area contributed by atoms with E-state index < -0.39 is 5.79 Å². The topological polar surface area (TPSA) is 104 Å². The van der Waals surface area contributed by atoms with E-state index >= 15 is 0 Å². The second-order valence-electron chi connectivity index (χ2n) is 9.41. The van der Waals surface area contributed by atoms with Crippen LogP contribution in [0, 0.1) is 13.8 Å². The van der Waals surface area contributed by atoms with Crippen molar-refractivity contribution in [2.75, 3.05) is 11.9 Å². The average Bonchev–Trinajstić information content (AvgIpc) is 3.56. The molecule has 0 bridgehead atoms. The number of nitrogens with zero attached hydrogens (tertiary/aromatic N) is 5. The Bertz CT molecular complexity index is 1430. The Hall–Kier alpha value is -3.12. The summed E-state index contributed by atoms with van der Waals surface area (Å²) in [7, 11) is 0. The summed E-state index contributed by atoms with van der Waals surface area (Å²) < 4.78 is 23.2. The first kappa shape index (κ1) is 25.2. The molecule has 1 saturated carbocycles. The van der Waals surface area contributed by atoms with Crippen molar-refractivity contribution in [3.63, 3.8) is 0 Å². The summed E-state index contributed by atoms with van der Waals surface area (Å²) >= 11 is 2.80. The van der Waals surface area contributed by atoms with Crippen molar-refractivity contribution in [3.8, 4) is 11.5 Å². The Balaban J connectivity index is 1.24. The third kappa shape index (κ3) is 5.51. The minimum atomic E-state index is -0.467. The number of nitrogens with one attached hydrogen (secondary N) is 1. The van der Waals surface area contributed by atoms with Gasteiger partial charge in [-0.25, -0.2) is 15.0 Å². The molecule has 0 amide bonds. The predicted octanol–water partition coefficient (Wildman–Crippen LogP) is 6.78. The zero-order valence-electron chi connectivity index (χ0n) is 21.2. The van der Waals surface area contributed by atoms with Gasteiger partial charge in [-0.3, -0.25) is 4.98 Å². The molecule has 1 spiro atoms. The van der Waals surface area contributed by atoms with Gasteiger partial charge in [-0.05, 0) is 50.5 Å². The predicted molar refractivity (Wildman–Crippen MR) is 145 cm³/mol. The Morgan fingerprint density at radius 3 is 2.74 bits per heavy atom. The average molecular weight is 549 g/mol. The molecule has 1 unspecified atom stereocenters. The summed E-state index contributed by atoms with van der Waals surface area (Å²) in [5.41, 5.74) is 1.88. The van der Waals surface area contributed by atoms with E-state index in [0.29, 0.717) is 34.9 Å². The SMILES string of the molecule is Cc1cccnc1Sc1cnc(Nc2nc(C3COC4(CCCCC4)O3)ns2)c(Oc2cccnc2C)c1. The lowest BCUT2D eigenvalue weighted by Gasteiger charge is -2.31. The van der Waals surface area contributed by atoms with Crippen molar-refractivity contribution in [2.24, 2.45) is 0 Å². The maximum absolute atomic E-state index is 6.31. The first-order valence-corrected chi connectivity index (χ1v) is 14.3. The van der Waals surface area contributed by atoms with E-state index in [1.807, 2.05) is 44.2 Å². The highest BCUT2D eigenvalue weighted by Crippen LogP contribution is 2.43. The molecule has 2 aliphatic rings. The Morgan fingerprint density at radius 1 is 1.05 bits per heavy atom. The molecular weight excluding hydrogens is 520 g/mol. The third-order valence-electron chi connectivity index (χ3n) is 6.61. The van der Waals surface area contributed by atoms with Crippen LogP contribution in [0.3, 0.4) is 0 Å². The minimum absolute atomic E-state index is 0.262. The monoisotopic (exact) mass is 548 g/mol. The number of rotatable bonds is 7. The number of anilines is 2. The molecule has 1 aliphatic carbocycles. The van der Waals surface area contributed by atoms with Crippen molar-refractivity contribution in [3.05, 3.63) is 66.0 Å².